The highest BCUT2D eigenvalue weighted by Gasteiger charge is 2.33. The Morgan fingerprint density at radius 2 is 1.96 bits per heavy atom. The van der Waals surface area contributed by atoms with Crippen LogP contribution in [0.4, 0.5) is 0 Å². The molecule has 0 fully saturated rings. The molecule has 1 unspecified atom stereocenters. The van der Waals surface area contributed by atoms with Crippen LogP contribution in [0.5, 0.6) is 0 Å². The number of aliphatic carboxylic acids is 1. The molecule has 2 rings (SSSR count). The molecular weight excluding hydrogens is 320 g/mol. The van der Waals surface area contributed by atoms with Crippen LogP contribution in [0.1, 0.15) is 44.1 Å². The van der Waals surface area contributed by atoms with E-state index >= 15 is 0 Å². The molecule has 0 radical (unpaired) electrons. The van der Waals surface area contributed by atoms with Crippen molar-refractivity contribution in [3.05, 3.63) is 30.0 Å². The number of nitrogens with two attached hydrogens (primary N) is 1. The Hall–Kier alpha value is -2.41. The number of nitrogens with one attached hydrogen (secondary N) is 1. The van der Waals surface area contributed by atoms with Crippen molar-refractivity contribution >= 4 is 22.8 Å². The van der Waals surface area contributed by atoms with Gasteiger partial charge in [0.25, 0.3) is 5.91 Å². The van der Waals surface area contributed by atoms with E-state index in [4.69, 9.17) is 5.73 Å². The van der Waals surface area contributed by atoms with Crippen LogP contribution in [-0.2, 0) is 11.3 Å². The first-order valence-corrected chi connectivity index (χ1v) is 8.45. The van der Waals surface area contributed by atoms with Gasteiger partial charge in [-0.25, -0.2) is 4.79 Å². The lowest BCUT2D eigenvalue weighted by Gasteiger charge is -2.27. The standard InChI is InChI=1S/C18H26N4O3/c1-18(2,3)15(17(24)25)20-16(23)14-12-8-4-5-9-13(12)22(21-14)11-7-6-10-19/h4-5,8-9,15H,6-7,10-11,19H2,1-3H3,(H,20,23)(H,24,25). The van der Waals surface area contributed by atoms with E-state index in [0.29, 0.717) is 18.5 Å². The summed E-state index contributed by atoms with van der Waals surface area (Å²) >= 11 is 0. The first-order chi connectivity index (χ1) is 11.8. The number of aryl methyl sites for hydroxylation is 1. The maximum Gasteiger partial charge on any atom is 0.326 e. The molecule has 136 valence electrons. The molecule has 0 aliphatic carbocycles. The van der Waals surface area contributed by atoms with Crippen molar-refractivity contribution in [2.24, 2.45) is 11.1 Å². The molecule has 0 saturated carbocycles. The van der Waals surface area contributed by atoms with Crippen LogP contribution >= 0.6 is 0 Å². The number of carbonyl (C=O) groups is 2. The second kappa shape index (κ2) is 7.65. The molecule has 1 aromatic carbocycles. The lowest BCUT2D eigenvalue weighted by molar-refractivity contribution is -0.142. The van der Waals surface area contributed by atoms with Gasteiger partial charge in [0, 0.05) is 11.9 Å². The van der Waals surface area contributed by atoms with Gasteiger partial charge in [0.2, 0.25) is 0 Å². The van der Waals surface area contributed by atoms with Gasteiger partial charge in [0.15, 0.2) is 5.69 Å². The second-order valence-corrected chi connectivity index (χ2v) is 7.20. The minimum absolute atomic E-state index is 0.249. The third-order valence-corrected chi connectivity index (χ3v) is 4.09. The number of carboxylic acid groups (broad SMARTS) is 1. The number of benzene rings is 1. The fourth-order valence-electron chi connectivity index (χ4n) is 2.72. The van der Waals surface area contributed by atoms with Gasteiger partial charge in [-0.3, -0.25) is 9.48 Å². The molecule has 0 spiro atoms. The monoisotopic (exact) mass is 346 g/mol. The fraction of sp³-hybridized carbons (Fsp3) is 0.500. The quantitative estimate of drug-likeness (QED) is 0.664. The van der Waals surface area contributed by atoms with Gasteiger partial charge in [-0.1, -0.05) is 39.0 Å². The number of unbranched alkanes of at least 4 members (excludes halogenated alkanes) is 1. The Bertz CT molecular complexity index is 761. The predicted octanol–water partition coefficient (Wildman–Crippen LogP) is 2.00. The van der Waals surface area contributed by atoms with Crippen LogP contribution in [0.2, 0.25) is 0 Å². The highest BCUT2D eigenvalue weighted by atomic mass is 16.4. The lowest BCUT2D eigenvalue weighted by atomic mass is 9.86. The topological polar surface area (TPSA) is 110 Å². The number of para-hydroxylation sites is 1. The van der Waals surface area contributed by atoms with Crippen molar-refractivity contribution in [3.8, 4) is 0 Å². The van der Waals surface area contributed by atoms with E-state index in [0.717, 1.165) is 18.4 Å². The van der Waals surface area contributed by atoms with Gasteiger partial charge < -0.3 is 16.2 Å². The van der Waals surface area contributed by atoms with E-state index in [1.165, 1.54) is 0 Å². The normalized spacial score (nSPS) is 13.0. The lowest BCUT2D eigenvalue weighted by Crippen LogP contribution is -2.49. The first-order valence-electron chi connectivity index (χ1n) is 8.45. The van der Waals surface area contributed by atoms with Crippen LogP contribution in [0.15, 0.2) is 24.3 Å². The SMILES string of the molecule is CC(C)(C)C(NC(=O)c1nn(CCCCN)c2ccccc12)C(=O)O. The predicted molar refractivity (Wildman–Crippen MR) is 96.4 cm³/mol. The van der Waals surface area contributed by atoms with Gasteiger partial charge in [0.1, 0.15) is 6.04 Å². The number of carboxylic acids is 1. The molecule has 4 N–H and O–H groups in total. The Morgan fingerprint density at radius 1 is 1.28 bits per heavy atom. The summed E-state index contributed by atoms with van der Waals surface area (Å²) in [5.41, 5.74) is 6.03. The van der Waals surface area contributed by atoms with Crippen LogP contribution in [0, 0.1) is 5.41 Å². The van der Waals surface area contributed by atoms with Crippen LogP contribution in [-0.4, -0.2) is 39.4 Å². The zero-order valence-electron chi connectivity index (χ0n) is 15.0. The van der Waals surface area contributed by atoms with Gasteiger partial charge in [0.05, 0.1) is 5.52 Å². The zero-order chi connectivity index (χ0) is 18.6. The molecule has 2 aromatic rings. The summed E-state index contributed by atoms with van der Waals surface area (Å²) in [6.07, 6.45) is 1.74. The van der Waals surface area contributed by atoms with Gasteiger partial charge in [-0.15, -0.1) is 0 Å². The van der Waals surface area contributed by atoms with Gasteiger partial charge >= 0.3 is 5.97 Å². The van der Waals surface area contributed by atoms with Gasteiger partial charge in [-0.05, 0) is 30.9 Å². The summed E-state index contributed by atoms with van der Waals surface area (Å²) in [5, 5.41) is 17.2. The Morgan fingerprint density at radius 3 is 2.56 bits per heavy atom. The smallest absolute Gasteiger partial charge is 0.326 e. The Kier molecular flexibility index (Phi) is 5.79. The molecule has 7 heteroatoms. The van der Waals surface area contributed by atoms with E-state index in [-0.39, 0.29) is 5.69 Å². The number of hydrogen-bond donors (Lipinski definition) is 3. The molecule has 25 heavy (non-hydrogen) atoms. The summed E-state index contributed by atoms with van der Waals surface area (Å²) in [6, 6.07) is 6.45. The molecule has 7 nitrogen and oxygen atoms in total. The molecule has 0 aliphatic rings. The number of nitrogens with zero attached hydrogens (tertiary/aromatic N) is 2. The summed E-state index contributed by atoms with van der Waals surface area (Å²) in [4.78, 5) is 24.2. The summed E-state index contributed by atoms with van der Waals surface area (Å²) < 4.78 is 1.78. The average molecular weight is 346 g/mol. The number of fused-ring (bicyclic) bond motifs is 1. The first kappa shape index (κ1) is 18.9. The maximum atomic E-state index is 12.7. The van der Waals surface area contributed by atoms with E-state index in [2.05, 4.69) is 10.4 Å². The summed E-state index contributed by atoms with van der Waals surface area (Å²) in [6.45, 7) is 6.59. The van der Waals surface area contributed by atoms with Crippen molar-refractivity contribution in [1.82, 2.24) is 15.1 Å². The Balaban J connectivity index is 2.33. The average Bonchev–Trinajstić information content (AvgIpc) is 2.90. The van der Waals surface area contributed by atoms with Crippen LogP contribution < -0.4 is 11.1 Å². The molecular formula is C18H26N4O3. The van der Waals surface area contributed by atoms with E-state index < -0.39 is 23.3 Å². The highest BCUT2D eigenvalue weighted by molar-refractivity contribution is 6.05. The molecule has 1 amide bonds. The number of carbonyl (C=O) groups excluding carboxylic acids is 1. The van der Waals surface area contributed by atoms with E-state index in [1.807, 2.05) is 24.3 Å². The number of hydrogen-bond acceptors (Lipinski definition) is 4. The Labute approximate surface area is 147 Å². The molecule has 0 bridgehead atoms. The third-order valence-electron chi connectivity index (χ3n) is 4.09. The summed E-state index contributed by atoms with van der Waals surface area (Å²) in [7, 11) is 0. The van der Waals surface area contributed by atoms with Crippen molar-refractivity contribution in [2.75, 3.05) is 6.54 Å². The van der Waals surface area contributed by atoms with Crippen LogP contribution in [0.3, 0.4) is 0 Å². The van der Waals surface area contributed by atoms with Crippen LogP contribution in [0.25, 0.3) is 10.9 Å². The molecule has 1 heterocycles. The van der Waals surface area contributed by atoms with E-state index in [1.54, 1.807) is 25.5 Å². The number of rotatable bonds is 7. The number of aromatic nitrogens is 2. The third kappa shape index (κ3) is 4.36. The molecule has 0 aliphatic heterocycles. The number of amides is 1. The molecule has 1 aromatic heterocycles. The van der Waals surface area contributed by atoms with Crippen molar-refractivity contribution in [2.45, 2.75) is 46.2 Å². The zero-order valence-corrected chi connectivity index (χ0v) is 15.0. The molecule has 0 saturated heterocycles. The maximum absolute atomic E-state index is 12.7. The van der Waals surface area contributed by atoms with Gasteiger partial charge in [-0.2, -0.15) is 5.10 Å². The summed E-state index contributed by atoms with van der Waals surface area (Å²) in [5.74, 6) is -1.54. The van der Waals surface area contributed by atoms with Crippen molar-refractivity contribution in [3.63, 3.8) is 0 Å². The fourth-order valence-corrected chi connectivity index (χ4v) is 2.72. The minimum atomic E-state index is -1.06. The van der Waals surface area contributed by atoms with E-state index in [9.17, 15) is 14.7 Å². The highest BCUT2D eigenvalue weighted by Crippen LogP contribution is 2.22. The second-order valence-electron chi connectivity index (χ2n) is 7.20. The van der Waals surface area contributed by atoms with Crippen molar-refractivity contribution < 1.29 is 14.7 Å². The van der Waals surface area contributed by atoms with Crippen molar-refractivity contribution in [1.29, 1.82) is 0 Å². The molecule has 1 atom stereocenters. The minimum Gasteiger partial charge on any atom is -0.480 e. The largest absolute Gasteiger partial charge is 0.480 e.